The smallest absolute Gasteiger partial charge is 0.223 e. The molecule has 0 aliphatic heterocycles. The molecule has 0 amide bonds. The van der Waals surface area contributed by atoms with E-state index < -0.39 is 12.2 Å². The van der Waals surface area contributed by atoms with Gasteiger partial charge in [-0.1, -0.05) is 11.6 Å². The molecule has 0 spiro atoms. The largest absolute Gasteiger partial charge is 0.390 e. The standard InChI is InChI=1S/C8H11Cl2N3O2/c9-7-4(3-12-8(10)13-7)6(15)5(14)1-2-11/h3,5-6,14-15H,1-2,11H2. The van der Waals surface area contributed by atoms with E-state index in [4.69, 9.17) is 28.9 Å². The Labute approximate surface area is 96.9 Å². The monoisotopic (exact) mass is 251 g/mol. The summed E-state index contributed by atoms with van der Waals surface area (Å²) in [6.07, 6.45) is -0.599. The third-order valence-corrected chi connectivity index (χ3v) is 2.37. The Morgan fingerprint density at radius 1 is 1.40 bits per heavy atom. The number of halogens is 2. The topological polar surface area (TPSA) is 92.3 Å². The van der Waals surface area contributed by atoms with Crippen LogP contribution in [0.4, 0.5) is 0 Å². The van der Waals surface area contributed by atoms with Gasteiger partial charge >= 0.3 is 0 Å². The lowest BCUT2D eigenvalue weighted by Gasteiger charge is -2.17. The molecule has 0 bridgehead atoms. The van der Waals surface area contributed by atoms with E-state index in [2.05, 4.69) is 9.97 Å². The fourth-order valence-electron chi connectivity index (χ4n) is 1.08. The van der Waals surface area contributed by atoms with Crippen molar-refractivity contribution in [2.45, 2.75) is 18.6 Å². The van der Waals surface area contributed by atoms with Gasteiger partial charge in [0.25, 0.3) is 0 Å². The molecule has 1 rings (SSSR count). The van der Waals surface area contributed by atoms with Gasteiger partial charge in [-0.15, -0.1) is 0 Å². The quantitative estimate of drug-likeness (QED) is 0.536. The first-order chi connectivity index (χ1) is 7.06. The maximum Gasteiger partial charge on any atom is 0.223 e. The summed E-state index contributed by atoms with van der Waals surface area (Å²) in [5.41, 5.74) is 5.49. The number of aliphatic hydroxyl groups is 2. The predicted octanol–water partition coefficient (Wildman–Crippen LogP) is 0.526. The highest BCUT2D eigenvalue weighted by molar-refractivity contribution is 6.32. The van der Waals surface area contributed by atoms with Crippen LogP contribution in [0.1, 0.15) is 18.1 Å². The van der Waals surface area contributed by atoms with Crippen LogP contribution >= 0.6 is 23.2 Å². The minimum absolute atomic E-state index is 0.00994. The average Bonchev–Trinajstić information content (AvgIpc) is 2.17. The second-order valence-corrected chi connectivity index (χ2v) is 3.67. The fraction of sp³-hybridized carbons (Fsp3) is 0.500. The summed E-state index contributed by atoms with van der Waals surface area (Å²) in [7, 11) is 0. The molecule has 0 saturated carbocycles. The van der Waals surface area contributed by atoms with Crippen molar-refractivity contribution in [1.29, 1.82) is 0 Å². The van der Waals surface area contributed by atoms with Crippen LogP contribution in [-0.4, -0.2) is 32.8 Å². The number of nitrogens with two attached hydrogens (primary N) is 1. The van der Waals surface area contributed by atoms with Crippen LogP contribution < -0.4 is 5.73 Å². The Kier molecular flexibility index (Phi) is 4.69. The summed E-state index contributed by atoms with van der Waals surface area (Å²) in [5.74, 6) is 0. The summed E-state index contributed by atoms with van der Waals surface area (Å²) in [6, 6.07) is 0. The molecule has 0 aliphatic carbocycles. The van der Waals surface area contributed by atoms with Crippen molar-refractivity contribution >= 4 is 23.2 Å². The van der Waals surface area contributed by atoms with Crippen LogP contribution in [0, 0.1) is 0 Å². The predicted molar refractivity (Wildman–Crippen MR) is 56.7 cm³/mol. The van der Waals surface area contributed by atoms with Gasteiger partial charge in [0.2, 0.25) is 5.28 Å². The van der Waals surface area contributed by atoms with Gasteiger partial charge in [0, 0.05) is 11.8 Å². The maximum atomic E-state index is 9.68. The van der Waals surface area contributed by atoms with E-state index in [9.17, 15) is 10.2 Å². The second kappa shape index (κ2) is 5.58. The van der Waals surface area contributed by atoms with Crippen LogP contribution in [-0.2, 0) is 0 Å². The van der Waals surface area contributed by atoms with E-state index in [0.29, 0.717) is 0 Å². The summed E-state index contributed by atoms with van der Waals surface area (Å²) >= 11 is 11.2. The van der Waals surface area contributed by atoms with Crippen molar-refractivity contribution in [3.05, 3.63) is 22.2 Å². The lowest BCUT2D eigenvalue weighted by Crippen LogP contribution is -2.22. The zero-order chi connectivity index (χ0) is 11.4. The molecule has 2 unspecified atom stereocenters. The van der Waals surface area contributed by atoms with E-state index in [-0.39, 0.29) is 29.0 Å². The van der Waals surface area contributed by atoms with Gasteiger partial charge in [0.1, 0.15) is 11.3 Å². The molecule has 1 aromatic rings. The number of rotatable bonds is 4. The molecule has 0 fully saturated rings. The Bertz CT molecular complexity index is 338. The van der Waals surface area contributed by atoms with E-state index in [0.717, 1.165) is 0 Å². The lowest BCUT2D eigenvalue weighted by molar-refractivity contribution is 0.0147. The lowest BCUT2D eigenvalue weighted by atomic mass is 10.1. The Morgan fingerprint density at radius 2 is 2.07 bits per heavy atom. The molecule has 4 N–H and O–H groups in total. The fourth-order valence-corrected chi connectivity index (χ4v) is 1.50. The highest BCUT2D eigenvalue weighted by Crippen LogP contribution is 2.24. The van der Waals surface area contributed by atoms with Crippen molar-refractivity contribution in [1.82, 2.24) is 9.97 Å². The highest BCUT2D eigenvalue weighted by Gasteiger charge is 2.21. The number of hydrogen-bond acceptors (Lipinski definition) is 5. The van der Waals surface area contributed by atoms with Crippen LogP contribution in [0.5, 0.6) is 0 Å². The van der Waals surface area contributed by atoms with E-state index in [1.165, 1.54) is 6.20 Å². The molecule has 15 heavy (non-hydrogen) atoms. The van der Waals surface area contributed by atoms with Gasteiger partial charge in [0.05, 0.1) is 6.10 Å². The minimum Gasteiger partial charge on any atom is -0.390 e. The molecule has 0 aliphatic rings. The van der Waals surface area contributed by atoms with E-state index >= 15 is 0 Å². The van der Waals surface area contributed by atoms with Crippen LogP contribution in [0.2, 0.25) is 10.4 Å². The first-order valence-electron chi connectivity index (χ1n) is 4.30. The molecule has 84 valence electrons. The summed E-state index contributed by atoms with van der Waals surface area (Å²) in [6.45, 7) is 0.268. The summed E-state index contributed by atoms with van der Waals surface area (Å²) < 4.78 is 0. The molecular formula is C8H11Cl2N3O2. The van der Waals surface area contributed by atoms with Crippen molar-refractivity contribution in [2.24, 2.45) is 5.73 Å². The number of nitrogens with zero attached hydrogens (tertiary/aromatic N) is 2. The van der Waals surface area contributed by atoms with Crippen LogP contribution in [0.25, 0.3) is 0 Å². The Balaban J connectivity index is 2.86. The van der Waals surface area contributed by atoms with Gasteiger partial charge in [-0.3, -0.25) is 0 Å². The van der Waals surface area contributed by atoms with Gasteiger partial charge in [-0.25, -0.2) is 9.97 Å². The zero-order valence-electron chi connectivity index (χ0n) is 7.77. The van der Waals surface area contributed by atoms with Gasteiger partial charge in [-0.05, 0) is 24.6 Å². The molecule has 7 heteroatoms. The van der Waals surface area contributed by atoms with Gasteiger partial charge in [-0.2, -0.15) is 0 Å². The normalized spacial score (nSPS) is 15.0. The molecule has 1 aromatic heterocycles. The summed E-state index contributed by atoms with van der Waals surface area (Å²) in [4.78, 5) is 7.33. The third kappa shape index (κ3) is 3.25. The molecule has 0 aromatic carbocycles. The molecule has 1 heterocycles. The van der Waals surface area contributed by atoms with Gasteiger partial charge in [0.15, 0.2) is 0 Å². The molecule has 0 saturated heterocycles. The average molecular weight is 252 g/mol. The Hall–Kier alpha value is -0.460. The van der Waals surface area contributed by atoms with E-state index in [1.54, 1.807) is 0 Å². The van der Waals surface area contributed by atoms with Crippen molar-refractivity contribution in [2.75, 3.05) is 6.54 Å². The van der Waals surface area contributed by atoms with E-state index in [1.807, 2.05) is 0 Å². The SMILES string of the molecule is NCCC(O)C(O)c1cnc(Cl)nc1Cl. The first-order valence-corrected chi connectivity index (χ1v) is 5.06. The summed E-state index contributed by atoms with van der Waals surface area (Å²) in [5, 5.41) is 19.2. The second-order valence-electron chi connectivity index (χ2n) is 2.97. The molecule has 2 atom stereocenters. The zero-order valence-corrected chi connectivity index (χ0v) is 9.28. The van der Waals surface area contributed by atoms with Crippen molar-refractivity contribution in [3.8, 4) is 0 Å². The molecular weight excluding hydrogens is 241 g/mol. The molecule has 0 radical (unpaired) electrons. The third-order valence-electron chi connectivity index (χ3n) is 1.88. The minimum atomic E-state index is -1.15. The van der Waals surface area contributed by atoms with Crippen molar-refractivity contribution in [3.63, 3.8) is 0 Å². The van der Waals surface area contributed by atoms with Crippen molar-refractivity contribution < 1.29 is 10.2 Å². The van der Waals surface area contributed by atoms with Gasteiger partial charge < -0.3 is 15.9 Å². The van der Waals surface area contributed by atoms with Crippen LogP contribution in [0.3, 0.4) is 0 Å². The Morgan fingerprint density at radius 3 is 2.60 bits per heavy atom. The first kappa shape index (κ1) is 12.6. The maximum absolute atomic E-state index is 9.68. The number of hydrogen-bond donors (Lipinski definition) is 3. The van der Waals surface area contributed by atoms with Crippen LogP contribution in [0.15, 0.2) is 6.20 Å². The highest BCUT2D eigenvalue weighted by atomic mass is 35.5. The molecule has 5 nitrogen and oxygen atoms in total. The number of aliphatic hydroxyl groups excluding tert-OH is 2. The number of aromatic nitrogens is 2.